The molecule has 0 heterocycles. The lowest BCUT2D eigenvalue weighted by Gasteiger charge is -2.04. The summed E-state index contributed by atoms with van der Waals surface area (Å²) in [6.07, 6.45) is 0.640. The van der Waals surface area contributed by atoms with Crippen molar-refractivity contribution in [3.63, 3.8) is 0 Å². The van der Waals surface area contributed by atoms with Gasteiger partial charge in [-0.25, -0.2) is 4.79 Å². The van der Waals surface area contributed by atoms with E-state index in [-0.39, 0.29) is 5.97 Å². The van der Waals surface area contributed by atoms with E-state index < -0.39 is 0 Å². The van der Waals surface area contributed by atoms with E-state index in [0.29, 0.717) is 18.6 Å². The summed E-state index contributed by atoms with van der Waals surface area (Å²) in [6, 6.07) is 9.97. The molecule has 1 rings (SSSR count). The molecule has 2 heteroatoms. The molecular formula is C13H14O2. The van der Waals surface area contributed by atoms with Gasteiger partial charge in [0, 0.05) is 12.0 Å². The standard InChI is InChI=1S/C13H14O2/c1-10(2)13(14)15-8-7-12-6-4-5-11(3)9-12/h4-5H,1,7-8H2,2-3H3. The molecule has 0 saturated heterocycles. The predicted molar refractivity (Wildman–Crippen MR) is 58.3 cm³/mol. The van der Waals surface area contributed by atoms with Crippen LogP contribution in [0, 0.1) is 19.1 Å². The first kappa shape index (κ1) is 11.5. The Labute approximate surface area is 90.6 Å². The van der Waals surface area contributed by atoms with E-state index in [9.17, 15) is 4.79 Å². The molecule has 2 radical (unpaired) electrons. The number of ether oxygens (including phenoxy) is 1. The van der Waals surface area contributed by atoms with Crippen LogP contribution >= 0.6 is 0 Å². The van der Waals surface area contributed by atoms with Crippen molar-refractivity contribution in [3.05, 3.63) is 47.5 Å². The molecule has 1 aromatic rings. The van der Waals surface area contributed by atoms with Crippen LogP contribution in [0.1, 0.15) is 18.1 Å². The van der Waals surface area contributed by atoms with E-state index in [1.165, 1.54) is 0 Å². The van der Waals surface area contributed by atoms with E-state index in [0.717, 1.165) is 11.1 Å². The van der Waals surface area contributed by atoms with Gasteiger partial charge in [-0.2, -0.15) is 0 Å². The summed E-state index contributed by atoms with van der Waals surface area (Å²) >= 11 is 0. The van der Waals surface area contributed by atoms with E-state index in [2.05, 4.69) is 18.7 Å². The predicted octanol–water partition coefficient (Wildman–Crippen LogP) is 2.26. The van der Waals surface area contributed by atoms with E-state index in [1.807, 2.05) is 19.1 Å². The van der Waals surface area contributed by atoms with Crippen molar-refractivity contribution in [2.75, 3.05) is 6.61 Å². The van der Waals surface area contributed by atoms with Crippen molar-refractivity contribution >= 4 is 5.97 Å². The third-order valence-electron chi connectivity index (χ3n) is 1.87. The lowest BCUT2D eigenvalue weighted by Crippen LogP contribution is -2.08. The molecule has 0 amide bonds. The number of hydrogen-bond donors (Lipinski definition) is 0. The smallest absolute Gasteiger partial charge is 0.333 e. The monoisotopic (exact) mass is 202 g/mol. The molecule has 0 N–H and O–H groups in total. The van der Waals surface area contributed by atoms with Crippen LogP contribution in [0.3, 0.4) is 0 Å². The average molecular weight is 202 g/mol. The van der Waals surface area contributed by atoms with Gasteiger partial charge in [-0.05, 0) is 37.1 Å². The minimum atomic E-state index is -0.345. The minimum Gasteiger partial charge on any atom is -0.462 e. The fourth-order valence-corrected chi connectivity index (χ4v) is 1.09. The molecule has 0 aliphatic heterocycles. The Morgan fingerprint density at radius 2 is 2.33 bits per heavy atom. The number of carbonyl (C=O) groups excluding carboxylic acids is 1. The molecule has 0 saturated carbocycles. The average Bonchev–Trinajstić information content (AvgIpc) is 2.17. The fourth-order valence-electron chi connectivity index (χ4n) is 1.09. The summed E-state index contributed by atoms with van der Waals surface area (Å²) in [5.41, 5.74) is 2.42. The first-order chi connectivity index (χ1) is 7.09. The lowest BCUT2D eigenvalue weighted by molar-refractivity contribution is -0.138. The first-order valence-corrected chi connectivity index (χ1v) is 4.81. The van der Waals surface area contributed by atoms with Crippen molar-refractivity contribution in [2.45, 2.75) is 20.3 Å². The zero-order valence-electron chi connectivity index (χ0n) is 9.09. The van der Waals surface area contributed by atoms with Gasteiger partial charge in [-0.15, -0.1) is 0 Å². The second kappa shape index (κ2) is 5.35. The van der Waals surface area contributed by atoms with Gasteiger partial charge >= 0.3 is 5.97 Å². The SMILES string of the molecule is C=C(C)C(=O)OCCc1[c]ccc(C)[c]1. The molecule has 0 spiro atoms. The van der Waals surface area contributed by atoms with Crippen LogP contribution in [-0.2, 0) is 16.0 Å². The van der Waals surface area contributed by atoms with Crippen LogP contribution in [0.5, 0.6) is 0 Å². The Bertz CT molecular complexity index is 367. The minimum absolute atomic E-state index is 0.345. The highest BCUT2D eigenvalue weighted by Gasteiger charge is 2.02. The molecule has 0 aromatic heterocycles. The number of aryl methyl sites for hydroxylation is 1. The van der Waals surface area contributed by atoms with Crippen LogP contribution in [0.2, 0.25) is 0 Å². The third kappa shape index (κ3) is 3.98. The molecule has 78 valence electrons. The van der Waals surface area contributed by atoms with Crippen LogP contribution < -0.4 is 0 Å². The second-order valence-electron chi connectivity index (χ2n) is 3.43. The van der Waals surface area contributed by atoms with Gasteiger partial charge < -0.3 is 4.74 Å². The van der Waals surface area contributed by atoms with Crippen LogP contribution in [-0.4, -0.2) is 12.6 Å². The molecule has 0 fully saturated rings. The normalized spacial score (nSPS) is 9.73. The quantitative estimate of drug-likeness (QED) is 0.553. The molecule has 0 atom stereocenters. The van der Waals surface area contributed by atoms with Crippen LogP contribution in [0.15, 0.2) is 24.3 Å². The maximum absolute atomic E-state index is 11.1. The Morgan fingerprint density at radius 3 is 2.93 bits per heavy atom. The molecule has 15 heavy (non-hydrogen) atoms. The van der Waals surface area contributed by atoms with Gasteiger partial charge in [0.1, 0.15) is 0 Å². The van der Waals surface area contributed by atoms with Gasteiger partial charge in [0.15, 0.2) is 0 Å². The fraction of sp³-hybridized carbons (Fsp3) is 0.308. The molecule has 0 aliphatic rings. The highest BCUT2D eigenvalue weighted by atomic mass is 16.5. The molecular weight excluding hydrogens is 188 g/mol. The van der Waals surface area contributed by atoms with Gasteiger partial charge in [0.25, 0.3) is 0 Å². The highest BCUT2D eigenvalue weighted by molar-refractivity contribution is 5.86. The Kier molecular flexibility index (Phi) is 4.10. The summed E-state index contributed by atoms with van der Waals surface area (Å²) in [5, 5.41) is 0. The summed E-state index contributed by atoms with van der Waals surface area (Å²) in [7, 11) is 0. The summed E-state index contributed by atoms with van der Waals surface area (Å²) in [6.45, 7) is 7.46. The largest absolute Gasteiger partial charge is 0.462 e. The first-order valence-electron chi connectivity index (χ1n) is 4.81. The Balaban J connectivity index is 2.38. The number of benzene rings is 1. The Morgan fingerprint density at radius 1 is 1.60 bits per heavy atom. The number of rotatable bonds is 4. The zero-order chi connectivity index (χ0) is 11.3. The van der Waals surface area contributed by atoms with E-state index in [1.54, 1.807) is 6.92 Å². The number of esters is 1. The lowest BCUT2D eigenvalue weighted by atomic mass is 10.1. The van der Waals surface area contributed by atoms with Crippen molar-refractivity contribution in [1.82, 2.24) is 0 Å². The van der Waals surface area contributed by atoms with Gasteiger partial charge in [-0.1, -0.05) is 18.7 Å². The molecule has 2 nitrogen and oxygen atoms in total. The molecule has 0 aliphatic carbocycles. The van der Waals surface area contributed by atoms with Gasteiger partial charge in [0.05, 0.1) is 6.61 Å². The number of hydrogen-bond acceptors (Lipinski definition) is 2. The van der Waals surface area contributed by atoms with Crippen molar-refractivity contribution in [3.8, 4) is 0 Å². The summed E-state index contributed by atoms with van der Waals surface area (Å²) in [4.78, 5) is 11.1. The second-order valence-corrected chi connectivity index (χ2v) is 3.43. The molecule has 0 bridgehead atoms. The van der Waals surface area contributed by atoms with Crippen LogP contribution in [0.25, 0.3) is 0 Å². The third-order valence-corrected chi connectivity index (χ3v) is 1.87. The van der Waals surface area contributed by atoms with Crippen molar-refractivity contribution in [2.24, 2.45) is 0 Å². The Hall–Kier alpha value is -1.57. The summed E-state index contributed by atoms with van der Waals surface area (Å²) < 4.78 is 4.97. The maximum atomic E-state index is 11.1. The van der Waals surface area contributed by atoms with Crippen molar-refractivity contribution < 1.29 is 9.53 Å². The van der Waals surface area contributed by atoms with Gasteiger partial charge in [-0.3, -0.25) is 0 Å². The molecule has 1 aromatic carbocycles. The van der Waals surface area contributed by atoms with Crippen molar-refractivity contribution in [1.29, 1.82) is 0 Å². The topological polar surface area (TPSA) is 26.3 Å². The summed E-state index contributed by atoms with van der Waals surface area (Å²) in [5.74, 6) is -0.345. The van der Waals surface area contributed by atoms with Crippen LogP contribution in [0.4, 0.5) is 0 Å². The number of carbonyl (C=O) groups is 1. The highest BCUT2D eigenvalue weighted by Crippen LogP contribution is 2.03. The van der Waals surface area contributed by atoms with E-state index in [4.69, 9.17) is 4.74 Å². The molecule has 0 unspecified atom stereocenters. The van der Waals surface area contributed by atoms with Gasteiger partial charge in [0.2, 0.25) is 0 Å². The zero-order valence-corrected chi connectivity index (χ0v) is 9.09. The van der Waals surface area contributed by atoms with E-state index >= 15 is 0 Å². The maximum Gasteiger partial charge on any atom is 0.333 e.